The molecule has 1 aromatic heterocycles. The smallest absolute Gasteiger partial charge is 0.410 e. The predicted molar refractivity (Wildman–Crippen MR) is 140 cm³/mol. The zero-order valence-corrected chi connectivity index (χ0v) is 22.5. The van der Waals surface area contributed by atoms with E-state index in [9.17, 15) is 19.2 Å². The van der Waals surface area contributed by atoms with Crippen LogP contribution >= 0.6 is 11.3 Å². The van der Waals surface area contributed by atoms with E-state index in [-0.39, 0.29) is 17.9 Å². The first-order valence-corrected chi connectivity index (χ1v) is 12.9. The first kappa shape index (κ1) is 28.1. The molecule has 0 atom stereocenters. The van der Waals surface area contributed by atoms with Crippen molar-refractivity contribution in [3.8, 4) is 0 Å². The van der Waals surface area contributed by atoms with Gasteiger partial charge in [0.25, 0.3) is 11.8 Å². The Balaban J connectivity index is 1.36. The summed E-state index contributed by atoms with van der Waals surface area (Å²) < 4.78 is 10.1. The number of piperazine rings is 1. The number of methoxy groups -OCH3 is 1. The second-order valence-electron chi connectivity index (χ2n) is 9.60. The SMILES string of the molecule is COC(=O)c1ccc(C(=O)NCc2ccc(C(=O)NCCN3CCN(C(=O)OC(C)(C)C)CC3)cc2)s1. The fourth-order valence-corrected chi connectivity index (χ4v) is 4.46. The van der Waals surface area contributed by atoms with Crippen LogP contribution in [0.4, 0.5) is 4.79 Å². The Kier molecular flexibility index (Phi) is 9.65. The molecule has 0 bridgehead atoms. The number of carbonyl (C=O) groups is 4. The summed E-state index contributed by atoms with van der Waals surface area (Å²) in [6.07, 6.45) is -0.289. The molecule has 0 radical (unpaired) electrons. The van der Waals surface area contributed by atoms with Gasteiger partial charge in [-0.25, -0.2) is 9.59 Å². The van der Waals surface area contributed by atoms with Crippen LogP contribution in [-0.2, 0) is 16.0 Å². The molecule has 1 fully saturated rings. The van der Waals surface area contributed by atoms with E-state index in [2.05, 4.69) is 20.3 Å². The van der Waals surface area contributed by atoms with Gasteiger partial charge in [-0.3, -0.25) is 14.5 Å². The lowest BCUT2D eigenvalue weighted by Crippen LogP contribution is -2.51. The van der Waals surface area contributed by atoms with Gasteiger partial charge < -0.3 is 25.0 Å². The van der Waals surface area contributed by atoms with Gasteiger partial charge in [-0.15, -0.1) is 11.3 Å². The van der Waals surface area contributed by atoms with Gasteiger partial charge in [0, 0.05) is 51.4 Å². The van der Waals surface area contributed by atoms with Crippen molar-refractivity contribution >= 4 is 35.2 Å². The molecule has 0 saturated carbocycles. The molecular formula is C26H34N4O6S. The zero-order chi connectivity index (χ0) is 27.0. The standard InChI is InChI=1S/C26H34N4O6S/c1-26(2,3)36-25(34)30-15-13-29(14-16-30)12-11-27-22(31)19-7-5-18(6-8-19)17-28-23(32)20-9-10-21(37-20)24(33)35-4/h5-10H,11-17H2,1-4H3,(H,27,31)(H,28,32). The number of hydrogen-bond donors (Lipinski definition) is 2. The summed E-state index contributed by atoms with van der Waals surface area (Å²) in [5.74, 6) is -0.926. The fourth-order valence-electron chi connectivity index (χ4n) is 3.62. The minimum atomic E-state index is -0.508. The second kappa shape index (κ2) is 12.7. The lowest BCUT2D eigenvalue weighted by atomic mass is 10.1. The minimum absolute atomic E-state index is 0.170. The fraction of sp³-hybridized carbons (Fsp3) is 0.462. The van der Waals surface area contributed by atoms with Crippen molar-refractivity contribution in [3.05, 3.63) is 57.3 Å². The first-order valence-electron chi connectivity index (χ1n) is 12.1. The highest BCUT2D eigenvalue weighted by Crippen LogP contribution is 2.17. The predicted octanol–water partition coefficient (Wildman–Crippen LogP) is 2.75. The molecule has 2 aromatic rings. The molecule has 200 valence electrons. The molecule has 10 nitrogen and oxygen atoms in total. The number of ether oxygens (including phenoxy) is 2. The molecule has 1 aliphatic rings. The van der Waals surface area contributed by atoms with Crippen molar-refractivity contribution in [2.45, 2.75) is 32.9 Å². The van der Waals surface area contributed by atoms with Gasteiger partial charge in [-0.05, 0) is 50.6 Å². The molecule has 3 rings (SSSR count). The molecule has 0 unspecified atom stereocenters. The Morgan fingerprint density at radius 2 is 1.54 bits per heavy atom. The van der Waals surface area contributed by atoms with Crippen LogP contribution in [0.3, 0.4) is 0 Å². The van der Waals surface area contributed by atoms with Crippen molar-refractivity contribution in [1.29, 1.82) is 0 Å². The molecule has 11 heteroatoms. The summed E-state index contributed by atoms with van der Waals surface area (Å²) in [6, 6.07) is 10.2. The molecule has 3 amide bonds. The van der Waals surface area contributed by atoms with Crippen LogP contribution in [0, 0.1) is 0 Å². The number of nitrogens with one attached hydrogen (secondary N) is 2. The normalized spacial score (nSPS) is 14.1. The lowest BCUT2D eigenvalue weighted by Gasteiger charge is -2.35. The lowest BCUT2D eigenvalue weighted by molar-refractivity contribution is 0.0146. The number of amides is 3. The Morgan fingerprint density at radius 1 is 0.892 bits per heavy atom. The molecule has 1 aromatic carbocycles. The maximum absolute atomic E-state index is 12.5. The molecule has 37 heavy (non-hydrogen) atoms. The molecule has 2 N–H and O–H groups in total. The number of nitrogens with zero attached hydrogens (tertiary/aromatic N) is 2. The average molecular weight is 531 g/mol. The number of carbonyl (C=O) groups excluding carboxylic acids is 4. The summed E-state index contributed by atoms with van der Waals surface area (Å²) in [5.41, 5.74) is 0.870. The quantitative estimate of drug-likeness (QED) is 0.504. The van der Waals surface area contributed by atoms with E-state index in [1.807, 2.05) is 20.8 Å². The van der Waals surface area contributed by atoms with E-state index in [1.165, 1.54) is 7.11 Å². The third kappa shape index (κ3) is 8.57. The number of rotatable bonds is 8. The average Bonchev–Trinajstić information content (AvgIpc) is 3.37. The van der Waals surface area contributed by atoms with E-state index in [1.54, 1.807) is 41.3 Å². The molecule has 1 aliphatic heterocycles. The number of esters is 1. The van der Waals surface area contributed by atoms with Gasteiger partial charge >= 0.3 is 12.1 Å². The van der Waals surface area contributed by atoms with Crippen LogP contribution < -0.4 is 10.6 Å². The molecular weight excluding hydrogens is 496 g/mol. The molecule has 2 heterocycles. The van der Waals surface area contributed by atoms with E-state index in [0.717, 1.165) is 30.0 Å². The van der Waals surface area contributed by atoms with Gasteiger partial charge in [0.05, 0.1) is 12.0 Å². The zero-order valence-electron chi connectivity index (χ0n) is 21.7. The van der Waals surface area contributed by atoms with Crippen LogP contribution in [0.2, 0.25) is 0 Å². The molecule has 0 aliphatic carbocycles. The van der Waals surface area contributed by atoms with Crippen molar-refractivity contribution < 1.29 is 28.7 Å². The van der Waals surface area contributed by atoms with E-state index in [4.69, 9.17) is 4.74 Å². The van der Waals surface area contributed by atoms with Crippen LogP contribution in [-0.4, -0.2) is 85.7 Å². The highest BCUT2D eigenvalue weighted by Gasteiger charge is 2.25. The Hall–Kier alpha value is -3.44. The Bertz CT molecular complexity index is 1100. The van der Waals surface area contributed by atoms with Crippen LogP contribution in [0.25, 0.3) is 0 Å². The number of thiophene rings is 1. The Labute approximate surface area is 220 Å². The number of benzene rings is 1. The number of hydrogen-bond acceptors (Lipinski definition) is 8. The van der Waals surface area contributed by atoms with Crippen LogP contribution in [0.5, 0.6) is 0 Å². The second-order valence-corrected chi connectivity index (χ2v) is 10.7. The van der Waals surface area contributed by atoms with Crippen molar-refractivity contribution in [2.24, 2.45) is 0 Å². The Morgan fingerprint density at radius 3 is 2.16 bits per heavy atom. The minimum Gasteiger partial charge on any atom is -0.465 e. The highest BCUT2D eigenvalue weighted by molar-refractivity contribution is 7.15. The highest BCUT2D eigenvalue weighted by atomic mass is 32.1. The van der Waals surface area contributed by atoms with Crippen molar-refractivity contribution in [2.75, 3.05) is 46.4 Å². The first-order chi connectivity index (χ1) is 17.6. The van der Waals surface area contributed by atoms with Gasteiger partial charge in [0.2, 0.25) is 0 Å². The van der Waals surface area contributed by atoms with Gasteiger partial charge in [-0.1, -0.05) is 12.1 Å². The van der Waals surface area contributed by atoms with Crippen molar-refractivity contribution in [1.82, 2.24) is 20.4 Å². The third-order valence-corrected chi connectivity index (χ3v) is 6.69. The maximum atomic E-state index is 12.5. The van der Waals surface area contributed by atoms with Crippen LogP contribution in [0.1, 0.15) is 56.0 Å². The van der Waals surface area contributed by atoms with E-state index < -0.39 is 11.6 Å². The van der Waals surface area contributed by atoms with Gasteiger partial charge in [0.1, 0.15) is 10.5 Å². The third-order valence-electron chi connectivity index (χ3n) is 5.62. The summed E-state index contributed by atoms with van der Waals surface area (Å²) in [7, 11) is 1.29. The van der Waals surface area contributed by atoms with E-state index in [0.29, 0.717) is 48.0 Å². The summed E-state index contributed by atoms with van der Waals surface area (Å²) >= 11 is 1.07. The summed E-state index contributed by atoms with van der Waals surface area (Å²) in [4.78, 5) is 53.2. The molecule has 0 spiro atoms. The summed E-state index contributed by atoms with van der Waals surface area (Å²) in [5, 5.41) is 5.73. The monoisotopic (exact) mass is 530 g/mol. The molecule has 1 saturated heterocycles. The maximum Gasteiger partial charge on any atom is 0.410 e. The van der Waals surface area contributed by atoms with E-state index >= 15 is 0 Å². The van der Waals surface area contributed by atoms with Gasteiger partial charge in [0.15, 0.2) is 0 Å². The largest absolute Gasteiger partial charge is 0.465 e. The van der Waals surface area contributed by atoms with Crippen molar-refractivity contribution in [3.63, 3.8) is 0 Å². The summed E-state index contributed by atoms with van der Waals surface area (Å²) in [6.45, 7) is 9.69. The van der Waals surface area contributed by atoms with Gasteiger partial charge in [-0.2, -0.15) is 0 Å². The topological polar surface area (TPSA) is 117 Å². The van der Waals surface area contributed by atoms with Crippen LogP contribution in [0.15, 0.2) is 36.4 Å².